The topological polar surface area (TPSA) is 29.1 Å². The first-order valence-electron chi connectivity index (χ1n) is 5.26. The van der Waals surface area contributed by atoms with E-state index in [4.69, 9.17) is 0 Å². The lowest BCUT2D eigenvalue weighted by Crippen LogP contribution is -2.41. The van der Waals surface area contributed by atoms with Gasteiger partial charge in [-0.3, -0.25) is 4.79 Å². The van der Waals surface area contributed by atoms with Crippen LogP contribution >= 0.6 is 0 Å². The molecule has 1 aromatic carbocycles. The minimum absolute atomic E-state index is 0.102. The zero-order valence-electron chi connectivity index (χ0n) is 9.95. The zero-order valence-corrected chi connectivity index (χ0v) is 9.95. The van der Waals surface area contributed by atoms with Crippen LogP contribution in [0.4, 0.5) is 35.1 Å². The zero-order chi connectivity index (χ0) is 16.4. The summed E-state index contributed by atoms with van der Waals surface area (Å²) in [5.74, 6) is -7.64. The van der Waals surface area contributed by atoms with Crippen molar-refractivity contribution in [3.63, 3.8) is 0 Å². The van der Waals surface area contributed by atoms with Crippen LogP contribution in [0.1, 0.15) is 15.9 Å². The summed E-state index contributed by atoms with van der Waals surface area (Å²) in [5.41, 5.74) is -2.55. The van der Waals surface area contributed by atoms with E-state index in [0.717, 1.165) is 0 Å². The number of nitrogens with one attached hydrogen (secondary N) is 1. The normalized spacial score (nSPS) is 12.6. The van der Waals surface area contributed by atoms with E-state index in [1.807, 2.05) is 0 Å². The van der Waals surface area contributed by atoms with Gasteiger partial charge < -0.3 is 5.32 Å². The van der Waals surface area contributed by atoms with E-state index in [0.29, 0.717) is 12.1 Å². The molecule has 0 spiro atoms. The summed E-state index contributed by atoms with van der Waals surface area (Å²) < 4.78 is 98.9. The van der Waals surface area contributed by atoms with Gasteiger partial charge in [0.25, 0.3) is 5.91 Å². The van der Waals surface area contributed by atoms with E-state index < -0.39 is 47.9 Å². The van der Waals surface area contributed by atoms with Gasteiger partial charge in [0.05, 0.1) is 12.1 Å². The molecule has 21 heavy (non-hydrogen) atoms. The predicted octanol–water partition coefficient (Wildman–Crippen LogP) is 3.47. The average molecular weight is 321 g/mol. The van der Waals surface area contributed by atoms with Crippen LogP contribution in [0.3, 0.4) is 0 Å². The third-order valence-corrected chi connectivity index (χ3v) is 2.34. The van der Waals surface area contributed by atoms with Crippen molar-refractivity contribution in [2.45, 2.75) is 18.5 Å². The quantitative estimate of drug-likeness (QED) is 0.845. The van der Waals surface area contributed by atoms with E-state index >= 15 is 0 Å². The van der Waals surface area contributed by atoms with Gasteiger partial charge in [-0.05, 0) is 18.2 Å². The number of benzene rings is 1. The largest absolute Gasteiger partial charge is 0.419 e. The van der Waals surface area contributed by atoms with Crippen molar-refractivity contribution in [2.24, 2.45) is 0 Å². The number of rotatable bonds is 4. The molecule has 1 aromatic rings. The molecule has 118 valence electrons. The lowest BCUT2D eigenvalue weighted by Gasteiger charge is -2.16. The minimum Gasteiger partial charge on any atom is -0.346 e. The molecule has 0 saturated heterocycles. The van der Waals surface area contributed by atoms with E-state index in [-0.39, 0.29) is 6.07 Å². The smallest absolute Gasteiger partial charge is 0.346 e. The molecule has 0 bridgehead atoms. The molecule has 0 saturated carbocycles. The van der Waals surface area contributed by atoms with Gasteiger partial charge in [0.2, 0.25) is 0 Å². The molecule has 0 aromatic heterocycles. The van der Waals surface area contributed by atoms with Crippen molar-refractivity contribution in [1.82, 2.24) is 5.32 Å². The van der Waals surface area contributed by atoms with Crippen molar-refractivity contribution in [1.29, 1.82) is 0 Å². The fraction of sp³-hybridized carbons (Fsp3) is 0.364. The van der Waals surface area contributed by atoms with Crippen LogP contribution in [0.5, 0.6) is 0 Å². The predicted molar refractivity (Wildman–Crippen MR) is 54.7 cm³/mol. The summed E-state index contributed by atoms with van der Waals surface area (Å²) in [6, 6.07) is 1.04. The molecule has 1 amide bonds. The molecule has 0 aliphatic heterocycles. The molecule has 0 aliphatic rings. The number of carbonyl (C=O) groups is 1. The highest BCUT2D eigenvalue weighted by Gasteiger charge is 2.41. The fourth-order valence-corrected chi connectivity index (χ4v) is 1.26. The highest BCUT2D eigenvalue weighted by atomic mass is 19.4. The van der Waals surface area contributed by atoms with Gasteiger partial charge >= 0.3 is 18.5 Å². The number of alkyl halides is 7. The van der Waals surface area contributed by atoms with Crippen LogP contribution in [-0.4, -0.2) is 24.8 Å². The number of amides is 1. The van der Waals surface area contributed by atoms with E-state index in [1.165, 1.54) is 5.32 Å². The Kier molecular flexibility index (Phi) is 4.79. The molecule has 1 rings (SSSR count). The Morgan fingerprint density at radius 3 is 2.19 bits per heavy atom. The summed E-state index contributed by atoms with van der Waals surface area (Å²) in [7, 11) is 0. The maximum atomic E-state index is 12.9. The lowest BCUT2D eigenvalue weighted by molar-refractivity contribution is -0.140. The Morgan fingerprint density at radius 1 is 1.14 bits per heavy atom. The lowest BCUT2D eigenvalue weighted by atomic mass is 10.1. The second-order valence-electron chi connectivity index (χ2n) is 3.94. The molecule has 1 N–H and O–H groups in total. The van der Waals surface area contributed by atoms with Crippen LogP contribution in [0.25, 0.3) is 0 Å². The molecule has 0 fully saturated rings. The Balaban J connectivity index is 2.90. The van der Waals surface area contributed by atoms with Gasteiger partial charge in [-0.15, -0.1) is 0 Å². The van der Waals surface area contributed by atoms with Gasteiger partial charge in [0.1, 0.15) is 5.82 Å². The molecule has 0 atom stereocenters. The van der Waals surface area contributed by atoms with Crippen LogP contribution < -0.4 is 5.32 Å². The minimum atomic E-state index is -5.09. The van der Waals surface area contributed by atoms with Gasteiger partial charge in [-0.2, -0.15) is 22.0 Å². The number of hydrogen-bond donors (Lipinski definition) is 1. The van der Waals surface area contributed by atoms with Gasteiger partial charge in [-0.1, -0.05) is 0 Å². The van der Waals surface area contributed by atoms with Crippen LogP contribution in [0, 0.1) is 5.82 Å². The molecule has 0 heterocycles. The highest BCUT2D eigenvalue weighted by Crippen LogP contribution is 2.32. The number of halogens is 8. The Hall–Kier alpha value is -1.87. The van der Waals surface area contributed by atoms with Crippen molar-refractivity contribution < 1.29 is 39.9 Å². The SMILES string of the molecule is O=C(NCC(F)(F)C(F)F)c1ccc(F)c(C(F)(F)F)c1. The van der Waals surface area contributed by atoms with Crippen LogP contribution in [0.2, 0.25) is 0 Å². The molecule has 0 radical (unpaired) electrons. The van der Waals surface area contributed by atoms with Crippen molar-refractivity contribution in [2.75, 3.05) is 6.54 Å². The van der Waals surface area contributed by atoms with Crippen LogP contribution in [-0.2, 0) is 6.18 Å². The fourth-order valence-electron chi connectivity index (χ4n) is 1.26. The molecule has 0 aliphatic carbocycles. The Bertz CT molecular complexity index is 525. The highest BCUT2D eigenvalue weighted by molar-refractivity contribution is 5.94. The van der Waals surface area contributed by atoms with E-state index in [2.05, 4.69) is 0 Å². The molecular formula is C11H7F8NO. The Morgan fingerprint density at radius 2 is 1.71 bits per heavy atom. The summed E-state index contributed by atoms with van der Waals surface area (Å²) in [4.78, 5) is 11.3. The summed E-state index contributed by atoms with van der Waals surface area (Å²) in [5, 5.41) is 1.36. The van der Waals surface area contributed by atoms with Crippen molar-refractivity contribution >= 4 is 5.91 Å². The standard InChI is InChI=1S/C11H7F8NO/c12-7-2-1-5(3-6(7)11(17,18)19)8(21)20-4-10(15,16)9(13)14/h1-3,9H,4H2,(H,20,21). The van der Waals surface area contributed by atoms with E-state index in [1.54, 1.807) is 0 Å². The van der Waals surface area contributed by atoms with Gasteiger partial charge in [-0.25, -0.2) is 13.2 Å². The first-order valence-corrected chi connectivity index (χ1v) is 5.26. The second kappa shape index (κ2) is 5.86. The summed E-state index contributed by atoms with van der Waals surface area (Å²) in [6.45, 7) is -1.76. The van der Waals surface area contributed by atoms with Gasteiger partial charge in [0.15, 0.2) is 0 Å². The first kappa shape index (κ1) is 17.2. The maximum absolute atomic E-state index is 12.9. The average Bonchev–Trinajstić information content (AvgIpc) is 2.35. The monoisotopic (exact) mass is 321 g/mol. The van der Waals surface area contributed by atoms with Crippen molar-refractivity contribution in [3.05, 3.63) is 35.1 Å². The first-order chi connectivity index (χ1) is 9.45. The summed E-state index contributed by atoms with van der Waals surface area (Å²) >= 11 is 0. The van der Waals surface area contributed by atoms with Gasteiger partial charge in [0, 0.05) is 5.56 Å². The Labute approximate surface area is 112 Å². The molecule has 2 nitrogen and oxygen atoms in total. The van der Waals surface area contributed by atoms with Crippen LogP contribution in [0.15, 0.2) is 18.2 Å². The maximum Gasteiger partial charge on any atom is 0.419 e. The second-order valence-corrected chi connectivity index (χ2v) is 3.94. The van der Waals surface area contributed by atoms with Crippen molar-refractivity contribution in [3.8, 4) is 0 Å². The number of carbonyl (C=O) groups excluding carboxylic acids is 1. The molecule has 10 heteroatoms. The third kappa shape index (κ3) is 4.30. The third-order valence-electron chi connectivity index (χ3n) is 2.34. The van der Waals surface area contributed by atoms with E-state index in [9.17, 15) is 39.9 Å². The molecular weight excluding hydrogens is 314 g/mol. The summed E-state index contributed by atoms with van der Waals surface area (Å²) in [6.07, 6.45) is -9.13. The number of hydrogen-bond acceptors (Lipinski definition) is 1. The molecule has 0 unspecified atom stereocenters.